The minimum absolute atomic E-state index is 0.764. The van der Waals surface area contributed by atoms with Crippen LogP contribution in [0.1, 0.15) is 59.7 Å². The number of piperidine rings is 1. The molecule has 0 radical (unpaired) electrons. The van der Waals surface area contributed by atoms with Crippen LogP contribution in [0, 0.1) is 20.8 Å². The summed E-state index contributed by atoms with van der Waals surface area (Å²) in [4.78, 5) is 2.81. The summed E-state index contributed by atoms with van der Waals surface area (Å²) in [6.07, 6.45) is 5.47. The quantitative estimate of drug-likeness (QED) is 0.650. The van der Waals surface area contributed by atoms with Gasteiger partial charge in [0, 0.05) is 35.7 Å². The van der Waals surface area contributed by atoms with Gasteiger partial charge < -0.3 is 4.52 Å². The molecule has 4 rings (SSSR count). The van der Waals surface area contributed by atoms with Crippen LogP contribution in [-0.2, 0) is 5.75 Å². The van der Waals surface area contributed by atoms with Crippen molar-refractivity contribution in [1.29, 1.82) is 0 Å². The Morgan fingerprint density at radius 3 is 2.50 bits per heavy atom. The number of aryl methyl sites for hydroxylation is 3. The molecule has 0 saturated carbocycles. The molecule has 2 atom stereocenters. The highest BCUT2D eigenvalue weighted by Gasteiger charge is 2.40. The van der Waals surface area contributed by atoms with Crippen LogP contribution in [0.3, 0.4) is 0 Å². The molecule has 3 nitrogen and oxygen atoms in total. The molecule has 2 aliphatic rings. The van der Waals surface area contributed by atoms with Crippen molar-refractivity contribution in [1.82, 2.24) is 10.1 Å². The molecule has 0 aliphatic carbocycles. The Kier molecular flexibility index (Phi) is 5.42. The molecule has 0 spiro atoms. The predicted molar refractivity (Wildman–Crippen MR) is 109 cm³/mol. The van der Waals surface area contributed by atoms with E-state index in [1.54, 1.807) is 5.56 Å². The van der Waals surface area contributed by atoms with E-state index in [1.165, 1.54) is 49.1 Å². The standard InChI is InChI=1S/C22H30N2OS/c1-15-6-4-5-7-21(15)18-12-19-8-9-20(13-18)24(19)10-11-26-14-22-16(2)23-25-17(22)3/h4-7,18-20H,8-14H2,1-3H3. The fourth-order valence-corrected chi connectivity index (χ4v) is 6.09. The second kappa shape index (κ2) is 7.77. The molecule has 2 unspecified atom stereocenters. The highest BCUT2D eigenvalue weighted by molar-refractivity contribution is 7.98. The third-order valence-electron chi connectivity index (χ3n) is 6.43. The lowest BCUT2D eigenvalue weighted by Crippen LogP contribution is -2.43. The zero-order chi connectivity index (χ0) is 18.1. The normalized spacial score (nSPS) is 25.7. The Balaban J connectivity index is 1.31. The van der Waals surface area contributed by atoms with E-state index in [1.807, 2.05) is 25.6 Å². The average Bonchev–Trinajstić information content (AvgIpc) is 3.07. The highest BCUT2D eigenvalue weighted by atomic mass is 32.2. The van der Waals surface area contributed by atoms with Gasteiger partial charge in [-0.25, -0.2) is 0 Å². The van der Waals surface area contributed by atoms with Gasteiger partial charge in [-0.05, 0) is 63.5 Å². The molecule has 2 fully saturated rings. The van der Waals surface area contributed by atoms with Gasteiger partial charge in [-0.2, -0.15) is 11.8 Å². The first-order valence-electron chi connectivity index (χ1n) is 9.94. The fraction of sp³-hybridized carbons (Fsp3) is 0.591. The molecule has 2 saturated heterocycles. The molecule has 2 aromatic rings. The summed E-state index contributed by atoms with van der Waals surface area (Å²) in [5.41, 5.74) is 5.41. The third-order valence-corrected chi connectivity index (χ3v) is 7.40. The first-order valence-corrected chi connectivity index (χ1v) is 11.1. The molecule has 1 aromatic carbocycles. The van der Waals surface area contributed by atoms with E-state index in [2.05, 4.69) is 41.2 Å². The molecule has 3 heterocycles. The van der Waals surface area contributed by atoms with E-state index in [0.717, 1.165) is 35.2 Å². The summed E-state index contributed by atoms with van der Waals surface area (Å²) in [5, 5.41) is 4.06. The molecule has 0 amide bonds. The topological polar surface area (TPSA) is 29.3 Å². The first kappa shape index (κ1) is 18.1. The Bertz CT molecular complexity index is 723. The van der Waals surface area contributed by atoms with Crippen molar-refractivity contribution in [3.63, 3.8) is 0 Å². The first-order chi connectivity index (χ1) is 12.6. The summed E-state index contributed by atoms with van der Waals surface area (Å²) in [6.45, 7) is 7.56. The van der Waals surface area contributed by atoms with Gasteiger partial charge in [-0.15, -0.1) is 0 Å². The highest BCUT2D eigenvalue weighted by Crippen LogP contribution is 2.43. The lowest BCUT2D eigenvalue weighted by molar-refractivity contribution is 0.135. The molecule has 0 N–H and O–H groups in total. The molecular weight excluding hydrogens is 340 g/mol. The smallest absolute Gasteiger partial charge is 0.137 e. The SMILES string of the molecule is Cc1ccccc1C1CC2CCC(C1)N2CCSCc1c(C)noc1C. The van der Waals surface area contributed by atoms with E-state index >= 15 is 0 Å². The number of benzene rings is 1. The number of aromatic nitrogens is 1. The Hall–Kier alpha value is -1.26. The Labute approximate surface area is 161 Å². The molecule has 140 valence electrons. The van der Waals surface area contributed by atoms with Crippen molar-refractivity contribution in [2.75, 3.05) is 12.3 Å². The van der Waals surface area contributed by atoms with Gasteiger partial charge in [0.05, 0.1) is 5.69 Å². The zero-order valence-electron chi connectivity index (χ0n) is 16.2. The van der Waals surface area contributed by atoms with Gasteiger partial charge in [0.1, 0.15) is 5.76 Å². The van der Waals surface area contributed by atoms with E-state index < -0.39 is 0 Å². The van der Waals surface area contributed by atoms with Crippen LogP contribution < -0.4 is 0 Å². The van der Waals surface area contributed by atoms with Gasteiger partial charge in [0.25, 0.3) is 0 Å². The lowest BCUT2D eigenvalue weighted by atomic mass is 9.83. The van der Waals surface area contributed by atoms with Crippen LogP contribution in [0.15, 0.2) is 28.8 Å². The second-order valence-corrected chi connectivity index (χ2v) is 9.11. The summed E-state index contributed by atoms with van der Waals surface area (Å²) in [7, 11) is 0. The number of nitrogens with zero attached hydrogens (tertiary/aromatic N) is 2. The van der Waals surface area contributed by atoms with Gasteiger partial charge in [-0.3, -0.25) is 4.90 Å². The summed E-state index contributed by atoms with van der Waals surface area (Å²) in [5.74, 6) is 3.97. The van der Waals surface area contributed by atoms with Crippen LogP contribution >= 0.6 is 11.8 Å². The zero-order valence-corrected chi connectivity index (χ0v) is 17.0. The number of fused-ring (bicyclic) bond motifs is 2. The number of hydrogen-bond acceptors (Lipinski definition) is 4. The Morgan fingerprint density at radius 2 is 1.85 bits per heavy atom. The second-order valence-electron chi connectivity index (χ2n) is 8.00. The van der Waals surface area contributed by atoms with Crippen LogP contribution in [0.2, 0.25) is 0 Å². The molecular formula is C22H30N2OS. The lowest BCUT2D eigenvalue weighted by Gasteiger charge is -2.39. The van der Waals surface area contributed by atoms with Crippen molar-refractivity contribution in [3.8, 4) is 0 Å². The van der Waals surface area contributed by atoms with Crippen molar-refractivity contribution < 1.29 is 4.52 Å². The number of hydrogen-bond donors (Lipinski definition) is 0. The summed E-state index contributed by atoms with van der Waals surface area (Å²) < 4.78 is 5.28. The Morgan fingerprint density at radius 1 is 1.12 bits per heavy atom. The maximum atomic E-state index is 5.28. The molecule has 2 bridgehead atoms. The van der Waals surface area contributed by atoms with Crippen molar-refractivity contribution in [3.05, 3.63) is 52.4 Å². The molecule has 1 aromatic heterocycles. The van der Waals surface area contributed by atoms with Gasteiger partial charge in [0.2, 0.25) is 0 Å². The van der Waals surface area contributed by atoms with Gasteiger partial charge in [0.15, 0.2) is 0 Å². The molecule has 2 aliphatic heterocycles. The van der Waals surface area contributed by atoms with E-state index in [0.29, 0.717) is 0 Å². The van der Waals surface area contributed by atoms with Crippen molar-refractivity contribution in [2.45, 2.75) is 70.2 Å². The molecule has 4 heteroatoms. The number of thioether (sulfide) groups is 1. The largest absolute Gasteiger partial charge is 0.361 e. The van der Waals surface area contributed by atoms with E-state index in [-0.39, 0.29) is 0 Å². The van der Waals surface area contributed by atoms with E-state index in [4.69, 9.17) is 4.52 Å². The van der Waals surface area contributed by atoms with Gasteiger partial charge in [-0.1, -0.05) is 29.4 Å². The molecule has 26 heavy (non-hydrogen) atoms. The average molecular weight is 371 g/mol. The maximum Gasteiger partial charge on any atom is 0.137 e. The van der Waals surface area contributed by atoms with Crippen molar-refractivity contribution in [2.24, 2.45) is 0 Å². The summed E-state index contributed by atoms with van der Waals surface area (Å²) >= 11 is 2.02. The third kappa shape index (κ3) is 3.59. The van der Waals surface area contributed by atoms with Gasteiger partial charge >= 0.3 is 0 Å². The van der Waals surface area contributed by atoms with Crippen LogP contribution in [0.4, 0.5) is 0 Å². The predicted octanol–water partition coefficient (Wildman–Crippen LogP) is 5.24. The van der Waals surface area contributed by atoms with Crippen molar-refractivity contribution >= 4 is 11.8 Å². The number of rotatable bonds is 6. The van der Waals surface area contributed by atoms with Crippen LogP contribution in [0.25, 0.3) is 0 Å². The maximum absolute atomic E-state index is 5.28. The monoisotopic (exact) mass is 370 g/mol. The fourth-order valence-electron chi connectivity index (χ4n) is 4.99. The van der Waals surface area contributed by atoms with Crippen LogP contribution in [-0.4, -0.2) is 34.4 Å². The minimum Gasteiger partial charge on any atom is -0.361 e. The summed E-state index contributed by atoms with van der Waals surface area (Å²) in [6, 6.07) is 10.6. The minimum atomic E-state index is 0.764. The van der Waals surface area contributed by atoms with Crippen LogP contribution in [0.5, 0.6) is 0 Å². The van der Waals surface area contributed by atoms with E-state index in [9.17, 15) is 0 Å².